The van der Waals surface area contributed by atoms with E-state index >= 15 is 0 Å². The van der Waals surface area contributed by atoms with Crippen molar-refractivity contribution in [1.29, 1.82) is 0 Å². The molecule has 0 aromatic heterocycles. The molecule has 1 aliphatic heterocycles. The van der Waals surface area contributed by atoms with E-state index in [9.17, 15) is 19.7 Å². The van der Waals surface area contributed by atoms with E-state index in [1.54, 1.807) is 0 Å². The highest BCUT2D eigenvalue weighted by molar-refractivity contribution is 6.08. The van der Waals surface area contributed by atoms with Crippen LogP contribution in [-0.4, -0.2) is 28.0 Å². The van der Waals surface area contributed by atoms with E-state index in [-0.39, 0.29) is 29.3 Å². The third-order valence-corrected chi connectivity index (χ3v) is 6.85. The van der Waals surface area contributed by atoms with Gasteiger partial charge in [0.05, 0.1) is 23.0 Å². The molecular formula is C25H17N3O4. The van der Waals surface area contributed by atoms with Crippen molar-refractivity contribution in [2.75, 3.05) is 0 Å². The van der Waals surface area contributed by atoms with Gasteiger partial charge in [-0.15, -0.1) is 0 Å². The lowest BCUT2D eigenvalue weighted by Crippen LogP contribution is -2.41. The summed E-state index contributed by atoms with van der Waals surface area (Å²) in [4.78, 5) is 37.2. The standard InChI is InChI=1S/C25H17N3O4/c29-24-22-20-16-5-1-2-6-17(16)21(19-8-4-3-7-18(19)20)23(22)25(30)27(24)26-13-14-9-11-15(12-10-14)28(31)32/h1-13,20-23H/b26-13-/t20?,21?,22-,23-/m1/s1. The van der Waals surface area contributed by atoms with Crippen molar-refractivity contribution in [2.24, 2.45) is 16.9 Å². The summed E-state index contributed by atoms with van der Waals surface area (Å²) in [5, 5.41) is 16.0. The average Bonchev–Trinajstić information content (AvgIpc) is 3.08. The topological polar surface area (TPSA) is 92.9 Å². The highest BCUT2D eigenvalue weighted by atomic mass is 16.6. The molecular weight excluding hydrogens is 406 g/mol. The summed E-state index contributed by atoms with van der Waals surface area (Å²) in [6.45, 7) is 0. The van der Waals surface area contributed by atoms with Gasteiger partial charge in [0.1, 0.15) is 0 Å². The molecule has 1 saturated heterocycles. The van der Waals surface area contributed by atoms with E-state index in [2.05, 4.69) is 29.4 Å². The van der Waals surface area contributed by atoms with Crippen LogP contribution in [0.2, 0.25) is 0 Å². The van der Waals surface area contributed by atoms with Crippen LogP contribution >= 0.6 is 0 Å². The minimum atomic E-state index is -0.482. The first-order chi connectivity index (χ1) is 15.6. The molecule has 0 spiro atoms. The Hall–Kier alpha value is -4.13. The normalized spacial score (nSPS) is 25.1. The molecule has 7 rings (SSSR count). The molecule has 2 amide bonds. The summed E-state index contributed by atoms with van der Waals surface area (Å²) in [6.07, 6.45) is 1.40. The summed E-state index contributed by atoms with van der Waals surface area (Å²) < 4.78 is 0. The fraction of sp³-hybridized carbons (Fsp3) is 0.160. The van der Waals surface area contributed by atoms with Crippen molar-refractivity contribution < 1.29 is 14.5 Å². The quantitative estimate of drug-likeness (QED) is 0.277. The third kappa shape index (κ3) is 2.45. The lowest BCUT2D eigenvalue weighted by Gasteiger charge is -2.45. The first-order valence-electron chi connectivity index (χ1n) is 10.4. The van der Waals surface area contributed by atoms with Crippen LogP contribution in [0.3, 0.4) is 0 Å². The molecule has 2 bridgehead atoms. The molecule has 156 valence electrons. The largest absolute Gasteiger partial charge is 0.272 e. The summed E-state index contributed by atoms with van der Waals surface area (Å²) in [5.41, 5.74) is 4.98. The molecule has 0 N–H and O–H groups in total. The number of non-ortho nitro benzene ring substituents is 1. The summed E-state index contributed by atoms with van der Waals surface area (Å²) in [5.74, 6) is -1.89. The minimum absolute atomic E-state index is 0.0337. The zero-order valence-electron chi connectivity index (χ0n) is 16.8. The van der Waals surface area contributed by atoms with Crippen molar-refractivity contribution in [3.05, 3.63) is 111 Å². The van der Waals surface area contributed by atoms with Crippen molar-refractivity contribution >= 4 is 23.7 Å². The van der Waals surface area contributed by atoms with Crippen LogP contribution in [0.1, 0.15) is 39.7 Å². The van der Waals surface area contributed by atoms with Crippen LogP contribution < -0.4 is 0 Å². The minimum Gasteiger partial charge on any atom is -0.272 e. The number of hydrazone groups is 1. The molecule has 7 nitrogen and oxygen atoms in total. The maximum Gasteiger partial charge on any atom is 0.269 e. The van der Waals surface area contributed by atoms with Gasteiger partial charge in [-0.25, -0.2) is 0 Å². The van der Waals surface area contributed by atoms with E-state index in [1.807, 2.05) is 24.3 Å². The van der Waals surface area contributed by atoms with Crippen LogP contribution in [0.15, 0.2) is 77.9 Å². The molecule has 3 aliphatic carbocycles. The lowest BCUT2D eigenvalue weighted by molar-refractivity contribution is -0.384. The first kappa shape index (κ1) is 18.6. The average molecular weight is 423 g/mol. The fourth-order valence-corrected chi connectivity index (χ4v) is 5.58. The number of hydrogen-bond donors (Lipinski definition) is 0. The highest BCUT2D eigenvalue weighted by Crippen LogP contribution is 2.60. The van der Waals surface area contributed by atoms with Crippen LogP contribution in [0.4, 0.5) is 5.69 Å². The second-order valence-electron chi connectivity index (χ2n) is 8.35. The Morgan fingerprint density at radius 2 is 1.19 bits per heavy atom. The van der Waals surface area contributed by atoms with Crippen molar-refractivity contribution in [3.63, 3.8) is 0 Å². The monoisotopic (exact) mass is 423 g/mol. The Morgan fingerprint density at radius 3 is 1.59 bits per heavy atom. The maximum absolute atomic E-state index is 13.4. The van der Waals surface area contributed by atoms with Crippen LogP contribution in [-0.2, 0) is 9.59 Å². The molecule has 1 fully saturated rings. The van der Waals surface area contributed by atoms with Crippen LogP contribution in [0, 0.1) is 22.0 Å². The molecule has 32 heavy (non-hydrogen) atoms. The predicted molar refractivity (Wildman–Crippen MR) is 116 cm³/mol. The van der Waals surface area contributed by atoms with Crippen LogP contribution in [0.25, 0.3) is 0 Å². The number of rotatable bonds is 3. The van der Waals surface area contributed by atoms with Gasteiger partial charge in [0.25, 0.3) is 17.5 Å². The van der Waals surface area contributed by atoms with Crippen molar-refractivity contribution in [3.8, 4) is 0 Å². The summed E-state index contributed by atoms with van der Waals surface area (Å²) in [7, 11) is 0. The second-order valence-corrected chi connectivity index (χ2v) is 8.35. The van der Waals surface area contributed by atoms with E-state index in [0.717, 1.165) is 27.3 Å². The van der Waals surface area contributed by atoms with Gasteiger partial charge in [-0.3, -0.25) is 19.7 Å². The van der Waals surface area contributed by atoms with E-state index < -0.39 is 16.8 Å². The van der Waals surface area contributed by atoms with E-state index in [0.29, 0.717) is 5.56 Å². The second kappa shape index (κ2) is 6.68. The zero-order chi connectivity index (χ0) is 22.0. The summed E-state index contributed by atoms with van der Waals surface area (Å²) in [6, 6.07) is 21.9. The number of nitrogens with zero attached hydrogens (tertiary/aromatic N) is 3. The van der Waals surface area contributed by atoms with E-state index in [4.69, 9.17) is 0 Å². The van der Waals surface area contributed by atoms with Gasteiger partial charge < -0.3 is 0 Å². The third-order valence-electron chi connectivity index (χ3n) is 6.85. The van der Waals surface area contributed by atoms with Gasteiger partial charge in [-0.05, 0) is 39.9 Å². The highest BCUT2D eigenvalue weighted by Gasteiger charge is 2.61. The molecule has 0 unspecified atom stereocenters. The molecule has 3 aromatic rings. The summed E-state index contributed by atoms with van der Waals surface area (Å²) >= 11 is 0. The fourth-order valence-electron chi connectivity index (χ4n) is 5.58. The molecule has 7 heteroatoms. The molecule has 2 atom stereocenters. The molecule has 3 aromatic carbocycles. The van der Waals surface area contributed by atoms with Crippen molar-refractivity contribution in [2.45, 2.75) is 11.8 Å². The number of carbonyl (C=O) groups is 2. The zero-order valence-corrected chi connectivity index (χ0v) is 16.8. The van der Waals surface area contributed by atoms with Gasteiger partial charge in [0.15, 0.2) is 0 Å². The Kier molecular flexibility index (Phi) is 3.89. The molecule has 0 saturated carbocycles. The van der Waals surface area contributed by atoms with E-state index in [1.165, 1.54) is 30.5 Å². The number of nitro groups is 1. The Bertz CT molecular complexity index is 1220. The Balaban J connectivity index is 1.40. The number of benzene rings is 3. The molecule has 1 heterocycles. The molecule has 4 aliphatic rings. The van der Waals surface area contributed by atoms with Crippen molar-refractivity contribution in [1.82, 2.24) is 5.01 Å². The first-order valence-corrected chi connectivity index (χ1v) is 10.4. The van der Waals surface area contributed by atoms with Gasteiger partial charge >= 0.3 is 0 Å². The maximum atomic E-state index is 13.4. The number of nitro benzene ring substituents is 1. The number of amides is 2. The Labute approximate surface area is 183 Å². The van der Waals surface area contributed by atoms with Crippen LogP contribution in [0.5, 0.6) is 0 Å². The SMILES string of the molecule is O=C1[C@@H]2C3c4ccccc4C(c4ccccc43)[C@H]2C(=O)N1/N=C\c1ccc([N+](=O)[O-])cc1. The van der Waals surface area contributed by atoms with Gasteiger partial charge in [-0.2, -0.15) is 10.1 Å². The molecule has 0 radical (unpaired) electrons. The van der Waals surface area contributed by atoms with Gasteiger partial charge in [-0.1, -0.05) is 48.5 Å². The van der Waals surface area contributed by atoms with Gasteiger partial charge in [0.2, 0.25) is 0 Å². The lowest BCUT2D eigenvalue weighted by atomic mass is 9.55. The number of imide groups is 1. The Morgan fingerprint density at radius 1 is 0.750 bits per heavy atom. The predicted octanol–water partition coefficient (Wildman–Crippen LogP) is 3.82. The number of carbonyl (C=O) groups excluding carboxylic acids is 2. The number of hydrogen-bond acceptors (Lipinski definition) is 5. The van der Waals surface area contributed by atoms with Gasteiger partial charge in [0, 0.05) is 24.0 Å². The smallest absolute Gasteiger partial charge is 0.269 e.